The fraction of sp³-hybridized carbons (Fsp3) is 0.333. The summed E-state index contributed by atoms with van der Waals surface area (Å²) >= 11 is 0. The number of likely N-dealkylation sites (tertiary alicyclic amines) is 1. The Morgan fingerprint density at radius 2 is 1.79 bits per heavy atom. The maximum atomic E-state index is 12.9. The van der Waals surface area contributed by atoms with Crippen molar-refractivity contribution < 1.29 is 14.7 Å². The van der Waals surface area contributed by atoms with Crippen LogP contribution in [-0.2, 0) is 22.4 Å². The summed E-state index contributed by atoms with van der Waals surface area (Å²) in [7, 11) is 0. The molecule has 2 N–H and O–H groups in total. The number of rotatable bonds is 6. The zero-order valence-electron chi connectivity index (χ0n) is 16.6. The minimum absolute atomic E-state index is 0.0384. The Morgan fingerprint density at radius 3 is 2.55 bits per heavy atom. The van der Waals surface area contributed by atoms with Gasteiger partial charge in [-0.1, -0.05) is 48.5 Å². The lowest BCUT2D eigenvalue weighted by atomic mass is 9.90. The van der Waals surface area contributed by atoms with Crippen LogP contribution in [0, 0.1) is 18.8 Å². The van der Waals surface area contributed by atoms with Crippen molar-refractivity contribution in [2.45, 2.75) is 26.2 Å². The van der Waals surface area contributed by atoms with E-state index in [9.17, 15) is 14.7 Å². The summed E-state index contributed by atoms with van der Waals surface area (Å²) in [6.07, 6.45) is 1.74. The number of fused-ring (bicyclic) bond motifs is 1. The molecule has 0 spiro atoms. The van der Waals surface area contributed by atoms with Crippen molar-refractivity contribution >= 4 is 22.8 Å². The number of aromatic nitrogens is 1. The molecular weight excluding hydrogens is 364 g/mol. The summed E-state index contributed by atoms with van der Waals surface area (Å²) in [6, 6.07) is 18.0. The predicted molar refractivity (Wildman–Crippen MR) is 113 cm³/mol. The number of benzene rings is 2. The van der Waals surface area contributed by atoms with Gasteiger partial charge in [-0.05, 0) is 42.9 Å². The van der Waals surface area contributed by atoms with Crippen LogP contribution in [0.5, 0.6) is 0 Å². The Kier molecular flexibility index (Phi) is 5.38. The SMILES string of the molecule is Cc1[nH]c2ccccc2c1CCC(=O)N1C[C@@H](Cc2ccccc2)[C@H](C(=O)O)C1. The van der Waals surface area contributed by atoms with Gasteiger partial charge in [0.15, 0.2) is 0 Å². The van der Waals surface area contributed by atoms with E-state index < -0.39 is 11.9 Å². The predicted octanol–water partition coefficient (Wildman–Crippen LogP) is 3.81. The first kappa shape index (κ1) is 19.2. The fourth-order valence-corrected chi connectivity index (χ4v) is 4.53. The van der Waals surface area contributed by atoms with E-state index in [1.807, 2.05) is 55.5 Å². The number of carboxylic acids is 1. The molecule has 2 aromatic carbocycles. The largest absolute Gasteiger partial charge is 0.481 e. The van der Waals surface area contributed by atoms with Crippen molar-refractivity contribution in [3.8, 4) is 0 Å². The van der Waals surface area contributed by atoms with Crippen molar-refractivity contribution in [3.05, 3.63) is 71.4 Å². The average molecular weight is 390 g/mol. The number of para-hydroxylation sites is 1. The van der Waals surface area contributed by atoms with Crippen molar-refractivity contribution in [1.82, 2.24) is 9.88 Å². The Hall–Kier alpha value is -3.08. The van der Waals surface area contributed by atoms with Crippen LogP contribution in [0.1, 0.15) is 23.2 Å². The number of aryl methyl sites for hydroxylation is 2. The van der Waals surface area contributed by atoms with Crippen LogP contribution in [0.4, 0.5) is 0 Å². The molecule has 2 heterocycles. The molecule has 1 amide bonds. The van der Waals surface area contributed by atoms with E-state index in [-0.39, 0.29) is 11.8 Å². The number of H-pyrrole nitrogens is 1. The second-order valence-corrected chi connectivity index (χ2v) is 7.97. The maximum absolute atomic E-state index is 12.9. The lowest BCUT2D eigenvalue weighted by molar-refractivity contribution is -0.142. The molecular formula is C24H26N2O3. The average Bonchev–Trinajstić information content (AvgIpc) is 3.27. The van der Waals surface area contributed by atoms with Gasteiger partial charge in [0.25, 0.3) is 0 Å². The first-order chi connectivity index (χ1) is 14.0. The Balaban J connectivity index is 1.43. The van der Waals surface area contributed by atoms with E-state index in [1.165, 1.54) is 5.56 Å². The summed E-state index contributed by atoms with van der Waals surface area (Å²) < 4.78 is 0. The molecule has 29 heavy (non-hydrogen) atoms. The van der Waals surface area contributed by atoms with Gasteiger partial charge in [0, 0.05) is 36.1 Å². The molecule has 0 saturated carbocycles. The Bertz CT molecular complexity index is 1030. The highest BCUT2D eigenvalue weighted by molar-refractivity contribution is 5.85. The first-order valence-corrected chi connectivity index (χ1v) is 10.1. The minimum atomic E-state index is -0.811. The van der Waals surface area contributed by atoms with Crippen LogP contribution in [0.15, 0.2) is 54.6 Å². The lowest BCUT2D eigenvalue weighted by Crippen LogP contribution is -2.30. The van der Waals surface area contributed by atoms with Gasteiger partial charge in [0.05, 0.1) is 5.92 Å². The van der Waals surface area contributed by atoms with E-state index >= 15 is 0 Å². The number of nitrogens with one attached hydrogen (secondary N) is 1. The molecule has 1 aliphatic heterocycles. The third-order valence-electron chi connectivity index (χ3n) is 6.07. The highest BCUT2D eigenvalue weighted by atomic mass is 16.4. The van der Waals surface area contributed by atoms with Gasteiger partial charge in [0.1, 0.15) is 0 Å². The molecule has 1 fully saturated rings. The van der Waals surface area contributed by atoms with Crippen LogP contribution in [-0.4, -0.2) is 40.0 Å². The van der Waals surface area contributed by atoms with Gasteiger partial charge in [0.2, 0.25) is 5.91 Å². The molecule has 1 saturated heterocycles. The number of hydrogen-bond donors (Lipinski definition) is 2. The molecule has 3 aromatic rings. The monoisotopic (exact) mass is 390 g/mol. The van der Waals surface area contributed by atoms with Gasteiger partial charge >= 0.3 is 5.97 Å². The highest BCUT2D eigenvalue weighted by Crippen LogP contribution is 2.29. The van der Waals surface area contributed by atoms with Crippen molar-refractivity contribution in [2.75, 3.05) is 13.1 Å². The number of amides is 1. The fourth-order valence-electron chi connectivity index (χ4n) is 4.53. The standard InChI is InChI=1S/C24H26N2O3/c1-16-19(20-9-5-6-10-22(20)25-16)11-12-23(27)26-14-18(21(15-26)24(28)29)13-17-7-3-2-4-8-17/h2-10,18,21,25H,11-15H2,1H3,(H,28,29)/t18-,21-/m1/s1. The van der Waals surface area contributed by atoms with Crippen molar-refractivity contribution in [2.24, 2.45) is 11.8 Å². The smallest absolute Gasteiger partial charge is 0.308 e. The topological polar surface area (TPSA) is 73.4 Å². The molecule has 0 aliphatic carbocycles. The van der Waals surface area contributed by atoms with Crippen LogP contribution in [0.2, 0.25) is 0 Å². The van der Waals surface area contributed by atoms with Crippen molar-refractivity contribution in [3.63, 3.8) is 0 Å². The molecule has 5 heteroatoms. The molecule has 4 rings (SSSR count). The van der Waals surface area contributed by atoms with Crippen LogP contribution in [0.3, 0.4) is 0 Å². The number of carboxylic acid groups (broad SMARTS) is 1. The second-order valence-electron chi connectivity index (χ2n) is 7.97. The quantitative estimate of drug-likeness (QED) is 0.672. The Morgan fingerprint density at radius 1 is 1.07 bits per heavy atom. The van der Waals surface area contributed by atoms with E-state index in [1.54, 1.807) is 4.90 Å². The molecule has 150 valence electrons. The number of hydrogen-bond acceptors (Lipinski definition) is 2. The molecule has 5 nitrogen and oxygen atoms in total. The minimum Gasteiger partial charge on any atom is -0.481 e. The summed E-state index contributed by atoms with van der Waals surface area (Å²) in [5.41, 5.74) is 4.46. The third kappa shape index (κ3) is 4.04. The van der Waals surface area contributed by atoms with Gasteiger partial charge in [-0.2, -0.15) is 0 Å². The molecule has 1 aromatic heterocycles. The van der Waals surface area contributed by atoms with E-state index in [0.717, 1.165) is 22.2 Å². The molecule has 1 aliphatic rings. The van der Waals surface area contributed by atoms with Gasteiger partial charge in [-0.15, -0.1) is 0 Å². The maximum Gasteiger partial charge on any atom is 0.308 e. The zero-order valence-corrected chi connectivity index (χ0v) is 16.6. The third-order valence-corrected chi connectivity index (χ3v) is 6.07. The first-order valence-electron chi connectivity index (χ1n) is 10.1. The number of aromatic amines is 1. The van der Waals surface area contributed by atoms with E-state index in [2.05, 4.69) is 11.1 Å². The molecule has 0 radical (unpaired) electrons. The van der Waals surface area contributed by atoms with Crippen molar-refractivity contribution in [1.29, 1.82) is 0 Å². The number of carbonyl (C=O) groups is 2. The summed E-state index contributed by atoms with van der Waals surface area (Å²) in [4.78, 5) is 29.8. The van der Waals surface area contributed by atoms with Crippen LogP contribution in [0.25, 0.3) is 10.9 Å². The van der Waals surface area contributed by atoms with Crippen LogP contribution >= 0.6 is 0 Å². The lowest BCUT2D eigenvalue weighted by Gasteiger charge is -2.16. The molecule has 0 bridgehead atoms. The van der Waals surface area contributed by atoms with Gasteiger partial charge in [-0.3, -0.25) is 9.59 Å². The number of aliphatic carboxylic acids is 1. The number of carbonyl (C=O) groups excluding carboxylic acids is 1. The normalized spacial score (nSPS) is 19.0. The van der Waals surface area contributed by atoms with E-state index in [0.29, 0.717) is 32.4 Å². The van der Waals surface area contributed by atoms with E-state index in [4.69, 9.17) is 0 Å². The Labute approximate surface area is 170 Å². The van der Waals surface area contributed by atoms with Crippen LogP contribution < -0.4 is 0 Å². The zero-order chi connectivity index (χ0) is 20.4. The molecule has 2 atom stereocenters. The summed E-state index contributed by atoms with van der Waals surface area (Å²) in [5, 5.41) is 10.8. The number of nitrogens with zero attached hydrogens (tertiary/aromatic N) is 1. The summed E-state index contributed by atoms with van der Waals surface area (Å²) in [6.45, 7) is 2.85. The van der Waals surface area contributed by atoms with Gasteiger partial charge in [-0.25, -0.2) is 0 Å². The second kappa shape index (κ2) is 8.11. The molecule has 0 unspecified atom stereocenters. The highest BCUT2D eigenvalue weighted by Gasteiger charge is 2.39. The van der Waals surface area contributed by atoms with Gasteiger partial charge < -0.3 is 15.0 Å². The summed E-state index contributed by atoms with van der Waals surface area (Å²) in [5.74, 6) is -1.33.